The zero-order valence-electron chi connectivity index (χ0n) is 10.2. The van der Waals surface area contributed by atoms with Gasteiger partial charge in [-0.1, -0.05) is 11.6 Å². The Kier molecular flexibility index (Phi) is 6.24. The van der Waals surface area contributed by atoms with Gasteiger partial charge in [-0.05, 0) is 25.1 Å². The highest BCUT2D eigenvalue weighted by atomic mass is 35.5. The number of rotatable bonds is 6. The lowest BCUT2D eigenvalue weighted by atomic mass is 10.3. The van der Waals surface area contributed by atoms with Crippen molar-refractivity contribution in [3.63, 3.8) is 0 Å². The quantitative estimate of drug-likeness (QED) is 0.814. The van der Waals surface area contributed by atoms with Gasteiger partial charge in [0.25, 0.3) is 5.91 Å². The maximum absolute atomic E-state index is 12.9. The molecule has 0 aliphatic heterocycles. The van der Waals surface area contributed by atoms with E-state index in [0.717, 1.165) is 6.07 Å². The second-order valence-electron chi connectivity index (χ2n) is 3.47. The average Bonchev–Trinajstić information content (AvgIpc) is 2.38. The van der Waals surface area contributed by atoms with Gasteiger partial charge >= 0.3 is 5.97 Å². The van der Waals surface area contributed by atoms with E-state index in [9.17, 15) is 14.0 Å². The Bertz CT molecular complexity index is 467. The highest BCUT2D eigenvalue weighted by Gasteiger charge is 2.08. The summed E-state index contributed by atoms with van der Waals surface area (Å²) in [4.78, 5) is 22.5. The maximum atomic E-state index is 12.9. The van der Waals surface area contributed by atoms with Gasteiger partial charge in [0.1, 0.15) is 12.4 Å². The van der Waals surface area contributed by atoms with Crippen LogP contribution in [-0.4, -0.2) is 31.7 Å². The summed E-state index contributed by atoms with van der Waals surface area (Å²) in [6.07, 6.45) is 0. The summed E-state index contributed by atoms with van der Waals surface area (Å²) in [7, 11) is 0. The number of hydrogen-bond donors (Lipinski definition) is 1. The van der Waals surface area contributed by atoms with Gasteiger partial charge in [0.2, 0.25) is 0 Å². The van der Waals surface area contributed by atoms with Crippen molar-refractivity contribution in [3.05, 3.63) is 29.0 Å². The van der Waals surface area contributed by atoms with Crippen molar-refractivity contribution in [1.82, 2.24) is 0 Å². The highest BCUT2D eigenvalue weighted by molar-refractivity contribution is 6.31. The van der Waals surface area contributed by atoms with Crippen LogP contribution < -0.4 is 5.32 Å². The predicted octanol–water partition coefficient (Wildman–Crippen LogP) is 2.00. The molecule has 0 bridgehead atoms. The van der Waals surface area contributed by atoms with Crippen LogP contribution in [0.5, 0.6) is 0 Å². The number of hydrogen-bond acceptors (Lipinski definition) is 4. The van der Waals surface area contributed by atoms with Crippen molar-refractivity contribution in [1.29, 1.82) is 0 Å². The van der Waals surface area contributed by atoms with Crippen molar-refractivity contribution in [2.24, 2.45) is 0 Å². The molecule has 0 aliphatic rings. The van der Waals surface area contributed by atoms with E-state index in [1.54, 1.807) is 6.92 Å². The van der Waals surface area contributed by atoms with Gasteiger partial charge in [-0.2, -0.15) is 0 Å². The van der Waals surface area contributed by atoms with Gasteiger partial charge in [0.15, 0.2) is 6.61 Å². The number of esters is 1. The van der Waals surface area contributed by atoms with E-state index in [0.29, 0.717) is 12.3 Å². The lowest BCUT2D eigenvalue weighted by molar-refractivity contribution is -0.151. The first-order valence-electron chi connectivity index (χ1n) is 5.51. The molecule has 0 atom stereocenters. The molecule has 5 nitrogen and oxygen atoms in total. The van der Waals surface area contributed by atoms with Gasteiger partial charge < -0.3 is 14.8 Å². The van der Waals surface area contributed by atoms with E-state index in [2.05, 4.69) is 10.1 Å². The van der Waals surface area contributed by atoms with Gasteiger partial charge in [-0.25, -0.2) is 9.18 Å². The zero-order chi connectivity index (χ0) is 14.3. The molecule has 1 aromatic rings. The maximum Gasteiger partial charge on any atom is 0.332 e. The van der Waals surface area contributed by atoms with Gasteiger partial charge in [-0.3, -0.25) is 4.79 Å². The minimum absolute atomic E-state index is 0.105. The Balaban J connectivity index is 2.38. The van der Waals surface area contributed by atoms with Crippen LogP contribution in [-0.2, 0) is 19.1 Å². The molecule has 0 saturated heterocycles. The molecule has 0 aromatic heterocycles. The highest BCUT2D eigenvalue weighted by Crippen LogP contribution is 2.19. The van der Waals surface area contributed by atoms with Crippen molar-refractivity contribution >= 4 is 29.2 Å². The number of anilines is 1. The summed E-state index contributed by atoms with van der Waals surface area (Å²) in [5.41, 5.74) is 0.317. The van der Waals surface area contributed by atoms with Crippen molar-refractivity contribution in [2.75, 3.05) is 25.1 Å². The first-order chi connectivity index (χ1) is 9.02. The van der Waals surface area contributed by atoms with Crippen LogP contribution in [0.15, 0.2) is 18.2 Å². The minimum atomic E-state index is -0.630. The molecule has 1 rings (SSSR count). The van der Waals surface area contributed by atoms with Crippen molar-refractivity contribution in [3.8, 4) is 0 Å². The molecule has 7 heteroatoms. The SMILES string of the molecule is CCOCC(=O)OCC(=O)Nc1ccc(F)c(Cl)c1. The Morgan fingerprint density at radius 2 is 2.11 bits per heavy atom. The number of nitrogens with one attached hydrogen (secondary N) is 1. The average molecular weight is 290 g/mol. The Labute approximate surface area is 114 Å². The van der Waals surface area contributed by atoms with E-state index >= 15 is 0 Å². The third-order valence-electron chi connectivity index (χ3n) is 1.99. The monoisotopic (exact) mass is 289 g/mol. The van der Waals surface area contributed by atoms with Crippen LogP contribution in [0, 0.1) is 5.82 Å². The molecule has 0 aliphatic carbocycles. The molecule has 1 N–H and O–H groups in total. The zero-order valence-corrected chi connectivity index (χ0v) is 11.0. The van der Waals surface area contributed by atoms with E-state index in [-0.39, 0.29) is 11.6 Å². The van der Waals surface area contributed by atoms with E-state index < -0.39 is 24.3 Å². The Morgan fingerprint density at radius 1 is 1.37 bits per heavy atom. The molecule has 104 valence electrons. The largest absolute Gasteiger partial charge is 0.454 e. The van der Waals surface area contributed by atoms with Gasteiger partial charge in [-0.15, -0.1) is 0 Å². The van der Waals surface area contributed by atoms with E-state index in [4.69, 9.17) is 16.3 Å². The van der Waals surface area contributed by atoms with Crippen LogP contribution in [0.1, 0.15) is 6.92 Å². The van der Waals surface area contributed by atoms with Gasteiger partial charge in [0.05, 0.1) is 5.02 Å². The van der Waals surface area contributed by atoms with Crippen molar-refractivity contribution in [2.45, 2.75) is 6.92 Å². The number of halogens is 2. The van der Waals surface area contributed by atoms with Crippen LogP contribution in [0.3, 0.4) is 0 Å². The van der Waals surface area contributed by atoms with Crippen LogP contribution in [0.2, 0.25) is 5.02 Å². The lowest BCUT2D eigenvalue weighted by Crippen LogP contribution is -2.22. The fourth-order valence-corrected chi connectivity index (χ4v) is 1.32. The number of amides is 1. The number of benzene rings is 1. The molecule has 1 aromatic carbocycles. The number of carbonyl (C=O) groups is 2. The fraction of sp³-hybridized carbons (Fsp3) is 0.333. The molecule has 0 radical (unpaired) electrons. The van der Waals surface area contributed by atoms with Gasteiger partial charge in [0, 0.05) is 12.3 Å². The Morgan fingerprint density at radius 3 is 2.74 bits per heavy atom. The summed E-state index contributed by atoms with van der Waals surface area (Å²) in [6, 6.07) is 3.73. The lowest BCUT2D eigenvalue weighted by Gasteiger charge is -2.07. The fourth-order valence-electron chi connectivity index (χ4n) is 1.14. The topological polar surface area (TPSA) is 64.6 Å². The van der Waals surface area contributed by atoms with Crippen LogP contribution >= 0.6 is 11.6 Å². The normalized spacial score (nSPS) is 10.1. The molecular formula is C12H13ClFNO4. The number of ether oxygens (including phenoxy) is 2. The van der Waals surface area contributed by atoms with E-state index in [1.165, 1.54) is 12.1 Å². The third-order valence-corrected chi connectivity index (χ3v) is 2.28. The second kappa shape index (κ2) is 7.70. The molecule has 1 amide bonds. The predicted molar refractivity (Wildman–Crippen MR) is 67.5 cm³/mol. The molecule has 0 fully saturated rings. The van der Waals surface area contributed by atoms with Crippen molar-refractivity contribution < 1.29 is 23.5 Å². The minimum Gasteiger partial charge on any atom is -0.454 e. The standard InChI is InChI=1S/C12H13ClFNO4/c1-2-18-7-12(17)19-6-11(16)15-8-3-4-10(14)9(13)5-8/h3-5H,2,6-7H2,1H3,(H,15,16). The molecule has 0 heterocycles. The molecule has 19 heavy (non-hydrogen) atoms. The first kappa shape index (κ1) is 15.4. The summed E-state index contributed by atoms with van der Waals surface area (Å²) >= 11 is 5.55. The second-order valence-corrected chi connectivity index (χ2v) is 3.88. The smallest absolute Gasteiger partial charge is 0.332 e. The summed E-state index contributed by atoms with van der Waals surface area (Å²) in [5, 5.41) is 2.31. The Hall–Kier alpha value is -1.66. The summed E-state index contributed by atoms with van der Waals surface area (Å²) in [6.45, 7) is 1.47. The van der Waals surface area contributed by atoms with Crippen LogP contribution in [0.25, 0.3) is 0 Å². The van der Waals surface area contributed by atoms with E-state index in [1.807, 2.05) is 0 Å². The van der Waals surface area contributed by atoms with Crippen LogP contribution in [0.4, 0.5) is 10.1 Å². The molecule has 0 spiro atoms. The number of carbonyl (C=O) groups excluding carboxylic acids is 2. The first-order valence-corrected chi connectivity index (χ1v) is 5.89. The summed E-state index contributed by atoms with van der Waals surface area (Å²) < 4.78 is 22.3. The molecular weight excluding hydrogens is 277 g/mol. The molecule has 0 unspecified atom stereocenters. The third kappa shape index (κ3) is 5.67. The summed E-state index contributed by atoms with van der Waals surface area (Å²) in [5.74, 6) is -1.76. The molecule has 0 saturated carbocycles.